The molecule has 0 bridgehead atoms. The van der Waals surface area contributed by atoms with Crippen LogP contribution in [0.1, 0.15) is 41.4 Å². The molecular weight excluding hydrogens is 278 g/mol. The Kier molecular flexibility index (Phi) is 4.00. The van der Waals surface area contributed by atoms with E-state index in [1.807, 2.05) is 36.5 Å². The number of aromatic amines is 1. The van der Waals surface area contributed by atoms with E-state index in [1.165, 1.54) is 0 Å². The molecule has 118 valence electrons. The second kappa shape index (κ2) is 5.94. The van der Waals surface area contributed by atoms with Crippen molar-refractivity contribution < 1.29 is 4.79 Å². The molecule has 3 heterocycles. The van der Waals surface area contributed by atoms with Gasteiger partial charge in [-0.1, -0.05) is 0 Å². The van der Waals surface area contributed by atoms with Crippen molar-refractivity contribution in [3.63, 3.8) is 0 Å². The topological polar surface area (TPSA) is 66.8 Å². The molecule has 0 radical (unpaired) electrons. The van der Waals surface area contributed by atoms with E-state index >= 15 is 0 Å². The van der Waals surface area contributed by atoms with E-state index < -0.39 is 0 Å². The highest BCUT2D eigenvalue weighted by Crippen LogP contribution is 2.26. The summed E-state index contributed by atoms with van der Waals surface area (Å²) in [5, 5.41) is 11.5. The van der Waals surface area contributed by atoms with E-state index in [-0.39, 0.29) is 5.91 Å². The van der Waals surface area contributed by atoms with Crippen LogP contribution in [0.15, 0.2) is 12.3 Å². The summed E-state index contributed by atoms with van der Waals surface area (Å²) in [6.07, 6.45) is 4.37. The molecule has 0 aliphatic carbocycles. The molecule has 2 aromatic heterocycles. The Morgan fingerprint density at radius 1 is 1.45 bits per heavy atom. The predicted octanol–water partition coefficient (Wildman–Crippen LogP) is 1.71. The van der Waals surface area contributed by atoms with Gasteiger partial charge >= 0.3 is 0 Å². The summed E-state index contributed by atoms with van der Waals surface area (Å²) in [5.74, 6) is 0.569. The summed E-state index contributed by atoms with van der Waals surface area (Å²) in [5.41, 5.74) is 4.23. The van der Waals surface area contributed by atoms with Gasteiger partial charge in [0.25, 0.3) is 0 Å². The van der Waals surface area contributed by atoms with Gasteiger partial charge in [-0.2, -0.15) is 10.2 Å². The zero-order valence-electron chi connectivity index (χ0n) is 13.5. The summed E-state index contributed by atoms with van der Waals surface area (Å²) < 4.78 is 1.85. The van der Waals surface area contributed by atoms with Gasteiger partial charge in [0, 0.05) is 49.2 Å². The molecule has 1 unspecified atom stereocenters. The van der Waals surface area contributed by atoms with Gasteiger partial charge in [-0.25, -0.2) is 0 Å². The summed E-state index contributed by atoms with van der Waals surface area (Å²) in [6.45, 7) is 5.62. The van der Waals surface area contributed by atoms with Crippen molar-refractivity contribution in [3.05, 3.63) is 34.9 Å². The van der Waals surface area contributed by atoms with Crippen LogP contribution in [0.4, 0.5) is 0 Å². The van der Waals surface area contributed by atoms with E-state index in [1.54, 1.807) is 6.20 Å². The first-order chi connectivity index (χ1) is 10.6. The maximum Gasteiger partial charge on any atom is 0.227 e. The molecule has 2 aromatic rings. The van der Waals surface area contributed by atoms with Crippen molar-refractivity contribution >= 4 is 5.91 Å². The number of carbonyl (C=O) groups is 1. The highest BCUT2D eigenvalue weighted by atomic mass is 16.2. The third-order valence-corrected chi connectivity index (χ3v) is 4.72. The standard InChI is InChI=1S/C16H23N5O/c1-11-14(12(2)20(3)19-11)9-16(22)21-8-4-5-13(10-21)15-6-7-17-18-15/h6-7,13H,4-5,8-10H2,1-3H3,(H,17,18). The molecule has 0 spiro atoms. The number of aromatic nitrogens is 4. The highest BCUT2D eigenvalue weighted by Gasteiger charge is 2.26. The first-order valence-electron chi connectivity index (χ1n) is 7.82. The Bertz CT molecular complexity index is 658. The van der Waals surface area contributed by atoms with Crippen molar-refractivity contribution in [2.75, 3.05) is 13.1 Å². The Hall–Kier alpha value is -2.11. The van der Waals surface area contributed by atoms with Gasteiger partial charge in [0.1, 0.15) is 0 Å². The molecule has 1 saturated heterocycles. The van der Waals surface area contributed by atoms with E-state index in [4.69, 9.17) is 0 Å². The summed E-state index contributed by atoms with van der Waals surface area (Å²) in [6, 6.07) is 2.01. The lowest BCUT2D eigenvalue weighted by Crippen LogP contribution is -2.40. The fourth-order valence-corrected chi connectivity index (χ4v) is 3.29. The Morgan fingerprint density at radius 2 is 2.27 bits per heavy atom. The smallest absolute Gasteiger partial charge is 0.227 e. The fourth-order valence-electron chi connectivity index (χ4n) is 3.29. The Balaban J connectivity index is 1.69. The van der Waals surface area contributed by atoms with Crippen LogP contribution in [0, 0.1) is 13.8 Å². The molecule has 1 fully saturated rings. The van der Waals surface area contributed by atoms with Gasteiger partial charge in [-0.3, -0.25) is 14.6 Å². The number of amides is 1. The molecule has 6 nitrogen and oxygen atoms in total. The minimum Gasteiger partial charge on any atom is -0.342 e. The predicted molar refractivity (Wildman–Crippen MR) is 83.5 cm³/mol. The van der Waals surface area contributed by atoms with Crippen LogP contribution in [0.25, 0.3) is 0 Å². The number of nitrogens with one attached hydrogen (secondary N) is 1. The number of hydrogen-bond donors (Lipinski definition) is 1. The van der Waals surface area contributed by atoms with Gasteiger partial charge in [0.15, 0.2) is 0 Å². The van der Waals surface area contributed by atoms with Gasteiger partial charge in [-0.05, 0) is 32.8 Å². The maximum absolute atomic E-state index is 12.7. The lowest BCUT2D eigenvalue weighted by atomic mass is 9.94. The highest BCUT2D eigenvalue weighted by molar-refractivity contribution is 5.79. The quantitative estimate of drug-likeness (QED) is 0.938. The molecule has 1 amide bonds. The van der Waals surface area contributed by atoms with Crippen LogP contribution in [0.5, 0.6) is 0 Å². The first kappa shape index (κ1) is 14.8. The molecule has 3 rings (SSSR count). The van der Waals surface area contributed by atoms with Gasteiger partial charge in [0.2, 0.25) is 5.91 Å². The van der Waals surface area contributed by atoms with Crippen molar-refractivity contribution in [3.8, 4) is 0 Å². The van der Waals surface area contributed by atoms with Crippen molar-refractivity contribution in [1.82, 2.24) is 24.9 Å². The molecule has 1 aliphatic heterocycles. The third-order valence-electron chi connectivity index (χ3n) is 4.72. The number of carbonyl (C=O) groups excluding carboxylic acids is 1. The number of rotatable bonds is 3. The molecular formula is C16H23N5O. The molecule has 22 heavy (non-hydrogen) atoms. The molecule has 0 saturated carbocycles. The Labute approximate surface area is 130 Å². The number of nitrogens with zero attached hydrogens (tertiary/aromatic N) is 4. The average Bonchev–Trinajstić information content (AvgIpc) is 3.12. The fraction of sp³-hybridized carbons (Fsp3) is 0.562. The largest absolute Gasteiger partial charge is 0.342 e. The molecule has 6 heteroatoms. The van der Waals surface area contributed by atoms with Crippen LogP contribution in [-0.4, -0.2) is 43.9 Å². The third kappa shape index (κ3) is 2.77. The first-order valence-corrected chi connectivity index (χ1v) is 7.82. The van der Waals surface area contributed by atoms with Gasteiger partial charge in [0.05, 0.1) is 12.1 Å². The normalized spacial score (nSPS) is 18.7. The van der Waals surface area contributed by atoms with E-state index in [9.17, 15) is 4.79 Å². The van der Waals surface area contributed by atoms with Crippen LogP contribution in [0.3, 0.4) is 0 Å². The van der Waals surface area contributed by atoms with E-state index in [2.05, 4.69) is 15.3 Å². The molecule has 1 aliphatic rings. The second-order valence-corrected chi connectivity index (χ2v) is 6.14. The van der Waals surface area contributed by atoms with E-state index in [0.717, 1.165) is 48.6 Å². The zero-order valence-corrected chi connectivity index (χ0v) is 13.5. The summed E-state index contributed by atoms with van der Waals surface area (Å²) in [4.78, 5) is 14.6. The number of piperidine rings is 1. The zero-order chi connectivity index (χ0) is 15.7. The lowest BCUT2D eigenvalue weighted by Gasteiger charge is -2.32. The number of likely N-dealkylation sites (tertiary alicyclic amines) is 1. The lowest BCUT2D eigenvalue weighted by molar-refractivity contribution is -0.131. The number of aryl methyl sites for hydroxylation is 2. The molecule has 0 aromatic carbocycles. The van der Waals surface area contributed by atoms with Crippen molar-refractivity contribution in [2.45, 2.75) is 39.0 Å². The van der Waals surface area contributed by atoms with Crippen molar-refractivity contribution in [1.29, 1.82) is 0 Å². The van der Waals surface area contributed by atoms with Crippen molar-refractivity contribution in [2.24, 2.45) is 7.05 Å². The van der Waals surface area contributed by atoms with Crippen LogP contribution in [0.2, 0.25) is 0 Å². The van der Waals surface area contributed by atoms with Crippen LogP contribution in [-0.2, 0) is 18.3 Å². The number of H-pyrrole nitrogens is 1. The summed E-state index contributed by atoms with van der Waals surface area (Å²) >= 11 is 0. The van der Waals surface area contributed by atoms with E-state index in [0.29, 0.717) is 12.3 Å². The maximum atomic E-state index is 12.7. The minimum absolute atomic E-state index is 0.198. The second-order valence-electron chi connectivity index (χ2n) is 6.14. The average molecular weight is 301 g/mol. The molecule has 1 atom stereocenters. The Morgan fingerprint density at radius 3 is 2.91 bits per heavy atom. The number of hydrogen-bond acceptors (Lipinski definition) is 3. The van der Waals surface area contributed by atoms with Gasteiger partial charge in [-0.15, -0.1) is 0 Å². The summed E-state index contributed by atoms with van der Waals surface area (Å²) in [7, 11) is 1.92. The monoisotopic (exact) mass is 301 g/mol. The van der Waals surface area contributed by atoms with Crippen LogP contribution >= 0.6 is 0 Å². The van der Waals surface area contributed by atoms with Gasteiger partial charge < -0.3 is 4.90 Å². The minimum atomic E-state index is 0.198. The van der Waals surface area contributed by atoms with Crippen LogP contribution < -0.4 is 0 Å². The SMILES string of the molecule is Cc1nn(C)c(C)c1CC(=O)N1CCCC(c2ccn[nH]2)C1. The molecule has 1 N–H and O–H groups in total.